The quantitative estimate of drug-likeness (QED) is 0.409. The van der Waals surface area contributed by atoms with Gasteiger partial charge in [0.15, 0.2) is 17.3 Å². The maximum absolute atomic E-state index is 14.4. The van der Waals surface area contributed by atoms with Gasteiger partial charge in [-0.3, -0.25) is 9.59 Å². The van der Waals surface area contributed by atoms with Crippen molar-refractivity contribution in [2.24, 2.45) is 0 Å². The Hall–Kier alpha value is -3.51. The lowest BCUT2D eigenvalue weighted by Gasteiger charge is -2.16. The zero-order valence-electron chi connectivity index (χ0n) is 19.6. The van der Waals surface area contributed by atoms with Crippen LogP contribution >= 0.6 is 0 Å². The second-order valence-electron chi connectivity index (χ2n) is 9.34. The third kappa shape index (κ3) is 4.46. The second kappa shape index (κ2) is 9.27. The van der Waals surface area contributed by atoms with E-state index >= 15 is 0 Å². The lowest BCUT2D eigenvalue weighted by atomic mass is 9.86. The smallest absolute Gasteiger partial charge is 0.231 e. The number of aliphatic hydroxyl groups is 1. The van der Waals surface area contributed by atoms with Crippen LogP contribution in [0.15, 0.2) is 54.6 Å². The molecule has 1 aliphatic heterocycles. The van der Waals surface area contributed by atoms with E-state index in [1.165, 1.54) is 6.07 Å². The molecule has 3 aromatic rings. The standard InChI is InChI=1S/C29H27FO5.H2/c1-18-4-5-19(13-22(18)20-6-8-24(30)23(15-20)25(32)3-2-12-31)14-28(33)29(10-11-29)21-7-9-26-27(16-21)35-17-34-26;/h4-9,13,15-16,31H,2-3,10-12,14,17H2,1H3;1H. The van der Waals surface area contributed by atoms with Gasteiger partial charge in [0.2, 0.25) is 6.79 Å². The molecule has 35 heavy (non-hydrogen) atoms. The highest BCUT2D eigenvalue weighted by Crippen LogP contribution is 2.51. The van der Waals surface area contributed by atoms with Gasteiger partial charge in [-0.05, 0) is 78.3 Å². The van der Waals surface area contributed by atoms with Crippen LogP contribution in [0.3, 0.4) is 0 Å². The summed E-state index contributed by atoms with van der Waals surface area (Å²) in [4.78, 5) is 25.8. The number of hydrogen-bond acceptors (Lipinski definition) is 5. The van der Waals surface area contributed by atoms with Crippen LogP contribution in [0.5, 0.6) is 11.5 Å². The maximum Gasteiger partial charge on any atom is 0.231 e. The highest BCUT2D eigenvalue weighted by Gasteiger charge is 2.50. The SMILES string of the molecule is Cc1ccc(CC(=O)C2(c3ccc4c(c3)OCO4)CC2)cc1-c1ccc(F)c(C(=O)CCCO)c1.[HH]. The number of rotatable bonds is 9. The Labute approximate surface area is 205 Å². The average Bonchev–Trinajstić information content (AvgIpc) is 3.55. The first kappa shape index (κ1) is 23.2. The van der Waals surface area contributed by atoms with Gasteiger partial charge in [0.25, 0.3) is 0 Å². The number of fused-ring (bicyclic) bond motifs is 1. The molecule has 0 unspecified atom stereocenters. The molecule has 1 heterocycles. The van der Waals surface area contributed by atoms with Crippen molar-refractivity contribution >= 4 is 11.6 Å². The molecule has 1 N–H and O–H groups in total. The number of carbonyl (C=O) groups is 2. The minimum atomic E-state index is -0.569. The fourth-order valence-corrected chi connectivity index (χ4v) is 4.77. The van der Waals surface area contributed by atoms with Gasteiger partial charge in [0.1, 0.15) is 11.6 Å². The fourth-order valence-electron chi connectivity index (χ4n) is 4.77. The van der Waals surface area contributed by atoms with Crippen LogP contribution < -0.4 is 9.47 Å². The molecule has 1 aliphatic carbocycles. The first-order chi connectivity index (χ1) is 16.9. The Morgan fingerprint density at radius 3 is 2.60 bits per heavy atom. The monoisotopic (exact) mass is 476 g/mol. The van der Waals surface area contributed by atoms with Crippen molar-refractivity contribution in [2.75, 3.05) is 13.4 Å². The summed E-state index contributed by atoms with van der Waals surface area (Å²) in [6.45, 7) is 2.03. The van der Waals surface area contributed by atoms with Gasteiger partial charge in [-0.15, -0.1) is 0 Å². The molecular weight excluding hydrogens is 447 g/mol. The van der Waals surface area contributed by atoms with E-state index in [9.17, 15) is 14.0 Å². The normalized spacial score (nSPS) is 15.2. The number of halogens is 1. The predicted molar refractivity (Wildman–Crippen MR) is 132 cm³/mol. The van der Waals surface area contributed by atoms with Crippen LogP contribution in [0.2, 0.25) is 0 Å². The molecule has 0 bridgehead atoms. The molecule has 5 rings (SSSR count). The van der Waals surface area contributed by atoms with Gasteiger partial charge in [-0.1, -0.05) is 30.3 Å². The van der Waals surface area contributed by atoms with Crippen molar-refractivity contribution < 1.29 is 30.0 Å². The number of aliphatic hydroxyl groups excluding tert-OH is 1. The zero-order valence-corrected chi connectivity index (χ0v) is 19.6. The summed E-state index contributed by atoms with van der Waals surface area (Å²) in [5.41, 5.74) is 3.93. The van der Waals surface area contributed by atoms with E-state index in [0.717, 1.165) is 40.7 Å². The van der Waals surface area contributed by atoms with Crippen LogP contribution in [0.4, 0.5) is 4.39 Å². The van der Waals surface area contributed by atoms with E-state index in [-0.39, 0.29) is 44.8 Å². The minimum absolute atomic E-state index is 0. The zero-order chi connectivity index (χ0) is 24.6. The van der Waals surface area contributed by atoms with Crippen LogP contribution in [-0.2, 0) is 16.6 Å². The number of ketones is 2. The molecule has 6 heteroatoms. The van der Waals surface area contributed by atoms with Crippen molar-refractivity contribution in [3.8, 4) is 22.6 Å². The second-order valence-corrected chi connectivity index (χ2v) is 9.34. The Morgan fingerprint density at radius 2 is 1.83 bits per heavy atom. The highest BCUT2D eigenvalue weighted by molar-refractivity contribution is 5.98. The number of ether oxygens (including phenoxy) is 2. The number of hydrogen-bond donors (Lipinski definition) is 1. The number of Topliss-reactive ketones (excluding diaryl/α,β-unsaturated/α-hetero) is 2. The first-order valence-corrected chi connectivity index (χ1v) is 11.9. The van der Waals surface area contributed by atoms with Crippen molar-refractivity contribution in [3.63, 3.8) is 0 Å². The van der Waals surface area contributed by atoms with Crippen molar-refractivity contribution in [3.05, 3.63) is 82.7 Å². The van der Waals surface area contributed by atoms with Gasteiger partial charge in [-0.25, -0.2) is 4.39 Å². The molecule has 1 saturated carbocycles. The van der Waals surface area contributed by atoms with Gasteiger partial charge in [-0.2, -0.15) is 0 Å². The van der Waals surface area contributed by atoms with E-state index in [0.29, 0.717) is 17.9 Å². The summed E-state index contributed by atoms with van der Waals surface area (Å²) >= 11 is 0. The molecule has 0 saturated heterocycles. The summed E-state index contributed by atoms with van der Waals surface area (Å²) in [7, 11) is 0. The van der Waals surface area contributed by atoms with E-state index in [1.54, 1.807) is 12.1 Å². The lowest BCUT2D eigenvalue weighted by Crippen LogP contribution is -2.22. The highest BCUT2D eigenvalue weighted by atomic mass is 19.1. The Kier molecular flexibility index (Phi) is 6.15. The average molecular weight is 477 g/mol. The maximum atomic E-state index is 14.4. The van der Waals surface area contributed by atoms with Crippen LogP contribution in [0.25, 0.3) is 11.1 Å². The van der Waals surface area contributed by atoms with Crippen LogP contribution in [0, 0.1) is 12.7 Å². The van der Waals surface area contributed by atoms with Crippen molar-refractivity contribution in [1.82, 2.24) is 0 Å². The fraction of sp³-hybridized carbons (Fsp3) is 0.310. The summed E-state index contributed by atoms with van der Waals surface area (Å²) in [6.07, 6.45) is 2.28. The number of carbonyl (C=O) groups excluding carboxylic acids is 2. The summed E-state index contributed by atoms with van der Waals surface area (Å²) in [6, 6.07) is 16.1. The topological polar surface area (TPSA) is 72.8 Å². The van der Waals surface area contributed by atoms with E-state index < -0.39 is 11.2 Å². The Bertz CT molecular complexity index is 1320. The van der Waals surface area contributed by atoms with E-state index in [2.05, 4.69) is 0 Å². The van der Waals surface area contributed by atoms with E-state index in [1.807, 2.05) is 43.3 Å². The molecule has 0 spiro atoms. The minimum Gasteiger partial charge on any atom is -0.454 e. The van der Waals surface area contributed by atoms with Gasteiger partial charge < -0.3 is 14.6 Å². The molecule has 182 valence electrons. The Balaban J connectivity index is 0.00000304. The summed E-state index contributed by atoms with van der Waals surface area (Å²) < 4.78 is 25.2. The third-order valence-corrected chi connectivity index (χ3v) is 7.02. The molecule has 3 aromatic carbocycles. The molecule has 0 amide bonds. The summed E-state index contributed by atoms with van der Waals surface area (Å²) in [5.74, 6) is 0.639. The lowest BCUT2D eigenvalue weighted by molar-refractivity contribution is -0.120. The van der Waals surface area contributed by atoms with E-state index in [4.69, 9.17) is 14.6 Å². The van der Waals surface area contributed by atoms with Gasteiger partial charge in [0.05, 0.1) is 11.0 Å². The van der Waals surface area contributed by atoms with Crippen LogP contribution in [0.1, 0.15) is 54.2 Å². The molecule has 5 nitrogen and oxygen atoms in total. The molecular formula is C29H29FO5. The van der Waals surface area contributed by atoms with Crippen molar-refractivity contribution in [1.29, 1.82) is 0 Å². The number of aryl methyl sites for hydroxylation is 1. The van der Waals surface area contributed by atoms with Gasteiger partial charge in [0, 0.05) is 20.9 Å². The van der Waals surface area contributed by atoms with Crippen molar-refractivity contribution in [2.45, 2.75) is 44.4 Å². The van der Waals surface area contributed by atoms with Crippen LogP contribution in [-0.4, -0.2) is 30.1 Å². The third-order valence-electron chi connectivity index (χ3n) is 7.02. The molecule has 0 radical (unpaired) electrons. The largest absolute Gasteiger partial charge is 0.454 e. The first-order valence-electron chi connectivity index (χ1n) is 11.9. The molecule has 0 atom stereocenters. The predicted octanol–water partition coefficient (Wildman–Crippen LogP) is 5.57. The van der Waals surface area contributed by atoms with Gasteiger partial charge >= 0.3 is 0 Å². The Morgan fingerprint density at radius 1 is 1.03 bits per heavy atom. The molecule has 1 fully saturated rings. The molecule has 0 aromatic heterocycles. The summed E-state index contributed by atoms with van der Waals surface area (Å²) in [5, 5.41) is 8.99. The molecule has 2 aliphatic rings. The number of benzene rings is 3.